The van der Waals surface area contributed by atoms with Crippen LogP contribution in [0.1, 0.15) is 5.56 Å². The number of rotatable bonds is 3. The van der Waals surface area contributed by atoms with Crippen molar-refractivity contribution in [3.63, 3.8) is 0 Å². The maximum atomic E-state index is 11.5. The minimum absolute atomic E-state index is 0.0682. The molecule has 0 amide bonds. The van der Waals surface area contributed by atoms with E-state index in [1.807, 2.05) is 42.5 Å². The van der Waals surface area contributed by atoms with Gasteiger partial charge in [-0.2, -0.15) is 0 Å². The average Bonchev–Trinajstić information content (AvgIpc) is 2.46. The fourth-order valence-corrected chi connectivity index (χ4v) is 1.80. The standard InChI is InChI=1S/C14H11N3O2/c1-19-14(18)13(16-17-15)9-11-7-4-6-10-5-2-3-8-12(10)11/h2-9H,1H3/b13-9-. The lowest BCUT2D eigenvalue weighted by molar-refractivity contribution is -0.136. The third kappa shape index (κ3) is 2.73. The van der Waals surface area contributed by atoms with E-state index >= 15 is 0 Å². The molecule has 2 aromatic rings. The summed E-state index contributed by atoms with van der Waals surface area (Å²) in [5.74, 6) is -0.661. The van der Waals surface area contributed by atoms with Gasteiger partial charge >= 0.3 is 5.97 Å². The quantitative estimate of drug-likeness (QED) is 0.275. The maximum absolute atomic E-state index is 11.5. The van der Waals surface area contributed by atoms with Gasteiger partial charge in [-0.1, -0.05) is 47.6 Å². The molecule has 0 saturated heterocycles. The molecule has 0 aliphatic heterocycles. The van der Waals surface area contributed by atoms with Crippen LogP contribution < -0.4 is 0 Å². The largest absolute Gasteiger partial charge is 0.466 e. The molecule has 0 aliphatic rings. The normalized spacial score (nSPS) is 10.9. The second-order valence-corrected chi connectivity index (χ2v) is 3.78. The van der Waals surface area contributed by atoms with Gasteiger partial charge in [0.25, 0.3) is 0 Å². The zero-order valence-corrected chi connectivity index (χ0v) is 10.3. The SMILES string of the molecule is COC(=O)/C(=C/c1cccc2ccccc12)N=[N+]=[N-]. The van der Waals surface area contributed by atoms with Crippen LogP contribution in [0.15, 0.2) is 53.3 Å². The van der Waals surface area contributed by atoms with Crippen molar-refractivity contribution in [2.24, 2.45) is 5.11 Å². The van der Waals surface area contributed by atoms with Gasteiger partial charge in [-0.3, -0.25) is 0 Å². The molecule has 0 N–H and O–H groups in total. The van der Waals surface area contributed by atoms with Gasteiger partial charge in [0.15, 0.2) is 0 Å². The number of hydrogen-bond acceptors (Lipinski definition) is 3. The van der Waals surface area contributed by atoms with E-state index in [-0.39, 0.29) is 5.70 Å². The van der Waals surface area contributed by atoms with E-state index in [4.69, 9.17) is 5.53 Å². The number of hydrogen-bond donors (Lipinski definition) is 0. The second-order valence-electron chi connectivity index (χ2n) is 3.78. The van der Waals surface area contributed by atoms with Crippen LogP contribution in [0, 0.1) is 0 Å². The summed E-state index contributed by atoms with van der Waals surface area (Å²) in [6.45, 7) is 0. The maximum Gasteiger partial charge on any atom is 0.340 e. The molecule has 0 bridgehead atoms. The number of azide groups is 1. The molecule has 0 aromatic heterocycles. The van der Waals surface area contributed by atoms with Crippen LogP contribution in [0.2, 0.25) is 0 Å². The van der Waals surface area contributed by atoms with Gasteiger partial charge in [0.05, 0.1) is 7.11 Å². The van der Waals surface area contributed by atoms with E-state index in [2.05, 4.69) is 14.8 Å². The Morgan fingerprint density at radius 2 is 2.00 bits per heavy atom. The van der Waals surface area contributed by atoms with Crippen molar-refractivity contribution < 1.29 is 9.53 Å². The highest BCUT2D eigenvalue weighted by atomic mass is 16.5. The van der Waals surface area contributed by atoms with Gasteiger partial charge in [0.2, 0.25) is 0 Å². The topological polar surface area (TPSA) is 75.1 Å². The molecule has 5 nitrogen and oxygen atoms in total. The number of carbonyl (C=O) groups excluding carboxylic acids is 1. The molecule has 0 unspecified atom stereocenters. The number of carbonyl (C=O) groups is 1. The molecule has 0 spiro atoms. The Hall–Kier alpha value is -2.78. The molecular weight excluding hydrogens is 242 g/mol. The molecule has 19 heavy (non-hydrogen) atoms. The molecule has 5 heteroatoms. The molecule has 0 fully saturated rings. The van der Waals surface area contributed by atoms with Crippen molar-refractivity contribution in [1.82, 2.24) is 0 Å². The average molecular weight is 253 g/mol. The number of esters is 1. The summed E-state index contributed by atoms with van der Waals surface area (Å²) < 4.78 is 4.58. The summed E-state index contributed by atoms with van der Waals surface area (Å²) >= 11 is 0. The number of fused-ring (bicyclic) bond motifs is 1. The molecular formula is C14H11N3O2. The van der Waals surface area contributed by atoms with E-state index in [1.54, 1.807) is 0 Å². The lowest BCUT2D eigenvalue weighted by Crippen LogP contribution is -2.01. The van der Waals surface area contributed by atoms with Crippen LogP contribution in [-0.4, -0.2) is 13.1 Å². The Balaban J connectivity index is 2.60. The Morgan fingerprint density at radius 3 is 2.74 bits per heavy atom. The Kier molecular flexibility index (Phi) is 3.81. The van der Waals surface area contributed by atoms with Gasteiger partial charge in [-0.05, 0) is 27.9 Å². The van der Waals surface area contributed by atoms with Gasteiger partial charge < -0.3 is 4.74 Å². The first kappa shape index (κ1) is 12.7. The minimum atomic E-state index is -0.661. The third-order valence-electron chi connectivity index (χ3n) is 2.66. The van der Waals surface area contributed by atoms with Crippen molar-refractivity contribution >= 4 is 22.8 Å². The smallest absolute Gasteiger partial charge is 0.340 e. The molecule has 0 saturated carbocycles. The summed E-state index contributed by atoms with van der Waals surface area (Å²) in [5.41, 5.74) is 9.21. The fraction of sp³-hybridized carbons (Fsp3) is 0.0714. The first-order valence-corrected chi connectivity index (χ1v) is 5.59. The van der Waals surface area contributed by atoms with E-state index in [0.717, 1.165) is 16.3 Å². The molecule has 0 radical (unpaired) electrons. The van der Waals surface area contributed by atoms with Crippen molar-refractivity contribution in [3.8, 4) is 0 Å². The highest BCUT2D eigenvalue weighted by Crippen LogP contribution is 2.21. The summed E-state index contributed by atoms with van der Waals surface area (Å²) in [7, 11) is 1.24. The first-order valence-electron chi connectivity index (χ1n) is 5.59. The second kappa shape index (κ2) is 5.71. The van der Waals surface area contributed by atoms with E-state index in [9.17, 15) is 4.79 Å². The number of methoxy groups -OCH3 is 1. The summed E-state index contributed by atoms with van der Waals surface area (Å²) in [6.07, 6.45) is 1.52. The predicted molar refractivity (Wildman–Crippen MR) is 73.1 cm³/mol. The van der Waals surface area contributed by atoms with Gasteiger partial charge in [-0.15, -0.1) is 0 Å². The number of ether oxygens (including phenoxy) is 1. The summed E-state index contributed by atoms with van der Waals surface area (Å²) in [5, 5.41) is 5.38. The minimum Gasteiger partial charge on any atom is -0.466 e. The first-order chi connectivity index (χ1) is 9.26. The lowest BCUT2D eigenvalue weighted by atomic mass is 10.0. The Morgan fingerprint density at radius 1 is 1.26 bits per heavy atom. The fourth-order valence-electron chi connectivity index (χ4n) is 1.80. The van der Waals surface area contributed by atoms with Gasteiger partial charge in [-0.25, -0.2) is 4.79 Å². The van der Waals surface area contributed by atoms with Crippen molar-refractivity contribution in [2.75, 3.05) is 7.11 Å². The van der Waals surface area contributed by atoms with Crippen LogP contribution in [0.25, 0.3) is 27.3 Å². The zero-order chi connectivity index (χ0) is 13.7. The van der Waals surface area contributed by atoms with E-state index in [0.29, 0.717) is 0 Å². The summed E-state index contributed by atoms with van der Waals surface area (Å²) in [4.78, 5) is 14.1. The van der Waals surface area contributed by atoms with Crippen molar-refractivity contribution in [1.29, 1.82) is 0 Å². The molecule has 94 valence electrons. The van der Waals surface area contributed by atoms with Crippen LogP contribution in [0.4, 0.5) is 0 Å². The third-order valence-corrected chi connectivity index (χ3v) is 2.66. The van der Waals surface area contributed by atoms with E-state index < -0.39 is 5.97 Å². The van der Waals surface area contributed by atoms with Crippen LogP contribution in [-0.2, 0) is 9.53 Å². The van der Waals surface area contributed by atoms with Crippen LogP contribution >= 0.6 is 0 Å². The molecule has 0 heterocycles. The molecule has 0 aliphatic carbocycles. The Bertz CT molecular complexity index is 695. The van der Waals surface area contributed by atoms with Crippen LogP contribution in [0.3, 0.4) is 0 Å². The van der Waals surface area contributed by atoms with Gasteiger partial charge in [0, 0.05) is 4.91 Å². The number of benzene rings is 2. The van der Waals surface area contributed by atoms with Crippen molar-refractivity contribution in [2.45, 2.75) is 0 Å². The van der Waals surface area contributed by atoms with Crippen molar-refractivity contribution in [3.05, 3.63) is 64.2 Å². The molecule has 2 aromatic carbocycles. The molecule has 2 rings (SSSR count). The highest BCUT2D eigenvalue weighted by molar-refractivity contribution is 5.98. The van der Waals surface area contributed by atoms with Crippen LogP contribution in [0.5, 0.6) is 0 Å². The highest BCUT2D eigenvalue weighted by Gasteiger charge is 2.08. The summed E-state index contributed by atoms with van der Waals surface area (Å²) in [6, 6.07) is 13.4. The number of nitrogens with zero attached hydrogens (tertiary/aromatic N) is 3. The van der Waals surface area contributed by atoms with E-state index in [1.165, 1.54) is 13.2 Å². The molecule has 0 atom stereocenters. The lowest BCUT2D eigenvalue weighted by Gasteiger charge is -2.03. The Labute approximate surface area is 109 Å². The monoisotopic (exact) mass is 253 g/mol. The zero-order valence-electron chi connectivity index (χ0n) is 10.3. The van der Waals surface area contributed by atoms with Gasteiger partial charge in [0.1, 0.15) is 5.70 Å². The predicted octanol–water partition coefficient (Wildman–Crippen LogP) is 3.66.